The Kier molecular flexibility index (Phi) is 13.3. The Labute approximate surface area is 130 Å². The summed E-state index contributed by atoms with van der Waals surface area (Å²) in [4.78, 5) is 0. The summed E-state index contributed by atoms with van der Waals surface area (Å²) in [6.45, 7) is 4.46. The maximum absolute atomic E-state index is 6.02. The lowest BCUT2D eigenvalue weighted by Gasteiger charge is -2.15. The van der Waals surface area contributed by atoms with Gasteiger partial charge in [0.1, 0.15) is 0 Å². The van der Waals surface area contributed by atoms with Crippen LogP contribution in [0.3, 0.4) is 0 Å². The van der Waals surface area contributed by atoms with Crippen LogP contribution in [0.1, 0.15) is 84.5 Å². The molecule has 0 aliphatic carbocycles. The molecule has 4 radical (unpaired) electrons. The lowest BCUT2D eigenvalue weighted by molar-refractivity contribution is 0.611. The molecule has 0 aromatic carbocycles. The molecule has 0 aliphatic rings. The van der Waals surface area contributed by atoms with Gasteiger partial charge in [-0.05, 0) is 25.7 Å². The standard InChI is InChI=1S/C18H32B2/c1-3-5-7-9-10-11-13-15-17-18(19,20)16-14-12-8-6-4-2/h14-17H,3-13H2,1-2H3/b16-14-,17-15-. The second-order valence-electron chi connectivity index (χ2n) is 5.86. The largest absolute Gasteiger partial charge is 0.0958 e. The van der Waals surface area contributed by atoms with Gasteiger partial charge in [0.15, 0.2) is 0 Å². The van der Waals surface area contributed by atoms with Crippen LogP contribution < -0.4 is 0 Å². The summed E-state index contributed by atoms with van der Waals surface area (Å²) in [6, 6.07) is 0. The highest BCUT2D eigenvalue weighted by molar-refractivity contribution is 6.42. The Morgan fingerprint density at radius 1 is 0.650 bits per heavy atom. The lowest BCUT2D eigenvalue weighted by Crippen LogP contribution is -2.05. The van der Waals surface area contributed by atoms with E-state index in [2.05, 4.69) is 26.0 Å². The molecular weight excluding hydrogens is 238 g/mol. The zero-order valence-electron chi connectivity index (χ0n) is 13.7. The van der Waals surface area contributed by atoms with E-state index in [9.17, 15) is 0 Å². The van der Waals surface area contributed by atoms with Gasteiger partial charge < -0.3 is 0 Å². The van der Waals surface area contributed by atoms with Crippen molar-refractivity contribution in [2.75, 3.05) is 0 Å². The summed E-state index contributed by atoms with van der Waals surface area (Å²) in [6.07, 6.45) is 22.0. The van der Waals surface area contributed by atoms with E-state index < -0.39 is 5.21 Å². The molecule has 0 unspecified atom stereocenters. The first-order valence-corrected chi connectivity index (χ1v) is 8.55. The van der Waals surface area contributed by atoms with E-state index in [-0.39, 0.29) is 0 Å². The van der Waals surface area contributed by atoms with E-state index in [1.54, 1.807) is 0 Å². The van der Waals surface area contributed by atoms with Crippen molar-refractivity contribution in [1.82, 2.24) is 0 Å². The maximum Gasteiger partial charge on any atom is 0.0728 e. The molecule has 0 N–H and O–H groups in total. The minimum Gasteiger partial charge on any atom is -0.0958 e. The Hall–Kier alpha value is -0.390. The van der Waals surface area contributed by atoms with Gasteiger partial charge in [0.2, 0.25) is 0 Å². The van der Waals surface area contributed by atoms with Crippen molar-refractivity contribution in [2.45, 2.75) is 89.7 Å². The van der Waals surface area contributed by atoms with Crippen molar-refractivity contribution in [1.29, 1.82) is 0 Å². The normalized spacial score (nSPS) is 12.7. The molecule has 0 nitrogen and oxygen atoms in total. The van der Waals surface area contributed by atoms with Crippen LogP contribution >= 0.6 is 0 Å². The van der Waals surface area contributed by atoms with E-state index in [0.717, 1.165) is 12.8 Å². The van der Waals surface area contributed by atoms with Crippen molar-refractivity contribution >= 4 is 15.7 Å². The number of hydrogen-bond acceptors (Lipinski definition) is 0. The highest BCUT2D eigenvalue weighted by Gasteiger charge is 2.06. The van der Waals surface area contributed by atoms with Crippen molar-refractivity contribution in [3.8, 4) is 0 Å². The van der Waals surface area contributed by atoms with Crippen LogP contribution in [0.5, 0.6) is 0 Å². The quantitative estimate of drug-likeness (QED) is 0.222. The van der Waals surface area contributed by atoms with Crippen LogP contribution in [0.4, 0.5) is 0 Å². The summed E-state index contributed by atoms with van der Waals surface area (Å²) in [5.41, 5.74) is 0. The molecule has 0 aliphatic heterocycles. The molecule has 0 bridgehead atoms. The zero-order chi connectivity index (χ0) is 15.1. The molecule has 20 heavy (non-hydrogen) atoms. The summed E-state index contributed by atoms with van der Waals surface area (Å²) >= 11 is 0. The Bertz CT molecular complexity index is 254. The lowest BCUT2D eigenvalue weighted by atomic mass is 9.54. The molecule has 110 valence electrons. The van der Waals surface area contributed by atoms with E-state index in [0.29, 0.717) is 0 Å². The molecular formula is C18H32B2. The fourth-order valence-electron chi connectivity index (χ4n) is 2.19. The van der Waals surface area contributed by atoms with Gasteiger partial charge in [-0.3, -0.25) is 0 Å². The zero-order valence-corrected chi connectivity index (χ0v) is 13.7. The topological polar surface area (TPSA) is 0 Å². The Balaban J connectivity index is 3.64. The van der Waals surface area contributed by atoms with E-state index in [4.69, 9.17) is 15.7 Å². The second kappa shape index (κ2) is 13.6. The highest BCUT2D eigenvalue weighted by Crippen LogP contribution is 2.21. The van der Waals surface area contributed by atoms with Crippen LogP contribution in [0.2, 0.25) is 5.21 Å². The molecule has 0 rings (SSSR count). The predicted molar refractivity (Wildman–Crippen MR) is 94.6 cm³/mol. The monoisotopic (exact) mass is 270 g/mol. The molecule has 2 heteroatoms. The highest BCUT2D eigenvalue weighted by atomic mass is 14.0. The summed E-state index contributed by atoms with van der Waals surface area (Å²) in [7, 11) is 12.0. The third-order valence-corrected chi connectivity index (χ3v) is 3.51. The average molecular weight is 270 g/mol. The van der Waals surface area contributed by atoms with Gasteiger partial charge in [0.25, 0.3) is 0 Å². The van der Waals surface area contributed by atoms with Crippen LogP contribution in [-0.4, -0.2) is 15.7 Å². The predicted octanol–water partition coefficient (Wildman–Crippen LogP) is 5.88. The Morgan fingerprint density at radius 3 is 1.60 bits per heavy atom. The first-order chi connectivity index (χ1) is 9.62. The minimum atomic E-state index is -0.769. The molecule has 0 saturated heterocycles. The minimum absolute atomic E-state index is 0.769. The number of unbranched alkanes of at least 4 members (excludes halogenated alkanes) is 9. The fourth-order valence-corrected chi connectivity index (χ4v) is 2.19. The molecule has 0 aromatic rings. The summed E-state index contributed by atoms with van der Waals surface area (Å²) in [5, 5.41) is -0.769. The van der Waals surface area contributed by atoms with Gasteiger partial charge in [-0.2, -0.15) is 0 Å². The SMILES string of the molecule is [B]C([B])(/C=C\CCCCC)/C=C\CCCCCCCC. The second-order valence-corrected chi connectivity index (χ2v) is 5.86. The molecule has 0 atom stereocenters. The first kappa shape index (κ1) is 19.6. The van der Waals surface area contributed by atoms with Crippen LogP contribution in [-0.2, 0) is 0 Å². The fraction of sp³-hybridized carbons (Fsp3) is 0.778. The van der Waals surface area contributed by atoms with E-state index in [1.165, 1.54) is 57.8 Å². The van der Waals surface area contributed by atoms with Crippen molar-refractivity contribution in [3.63, 3.8) is 0 Å². The summed E-state index contributed by atoms with van der Waals surface area (Å²) < 4.78 is 0. The molecule has 0 spiro atoms. The van der Waals surface area contributed by atoms with E-state index >= 15 is 0 Å². The van der Waals surface area contributed by atoms with Crippen molar-refractivity contribution < 1.29 is 0 Å². The Morgan fingerprint density at radius 2 is 1.05 bits per heavy atom. The van der Waals surface area contributed by atoms with Gasteiger partial charge in [-0.25, -0.2) is 0 Å². The van der Waals surface area contributed by atoms with Crippen molar-refractivity contribution in [2.24, 2.45) is 0 Å². The number of allylic oxidation sites excluding steroid dienone is 4. The van der Waals surface area contributed by atoms with Gasteiger partial charge in [-0.1, -0.05) is 88.3 Å². The van der Waals surface area contributed by atoms with Crippen LogP contribution in [0.15, 0.2) is 24.3 Å². The third-order valence-electron chi connectivity index (χ3n) is 3.51. The number of hydrogen-bond donors (Lipinski definition) is 0. The smallest absolute Gasteiger partial charge is 0.0728 e. The van der Waals surface area contributed by atoms with Crippen molar-refractivity contribution in [3.05, 3.63) is 24.3 Å². The van der Waals surface area contributed by atoms with Crippen LogP contribution in [0.25, 0.3) is 0 Å². The maximum atomic E-state index is 6.02. The number of rotatable bonds is 13. The average Bonchev–Trinajstić information content (AvgIpc) is 2.41. The van der Waals surface area contributed by atoms with Gasteiger partial charge >= 0.3 is 0 Å². The molecule has 0 amide bonds. The van der Waals surface area contributed by atoms with E-state index in [1.807, 2.05) is 12.2 Å². The van der Waals surface area contributed by atoms with Gasteiger partial charge in [0, 0.05) is 0 Å². The molecule has 0 saturated carbocycles. The third kappa shape index (κ3) is 14.0. The molecule has 0 heterocycles. The molecule has 0 aromatic heterocycles. The summed E-state index contributed by atoms with van der Waals surface area (Å²) in [5.74, 6) is 0. The first-order valence-electron chi connectivity index (χ1n) is 8.55. The van der Waals surface area contributed by atoms with Crippen LogP contribution in [0, 0.1) is 0 Å². The molecule has 0 fully saturated rings. The van der Waals surface area contributed by atoms with Gasteiger partial charge in [0.05, 0.1) is 15.7 Å². The van der Waals surface area contributed by atoms with Gasteiger partial charge in [-0.15, -0.1) is 0 Å².